The number of hydrogen-bond donors (Lipinski definition) is 2. The SMILES string of the molecule is CCOC(=O)C1=C(C)NC(=O)NC1c1cccc(OCc2cc(=O)oc3ccc4ccccc4c23)c1. The van der Waals surface area contributed by atoms with E-state index in [1.54, 1.807) is 44.2 Å². The Balaban J connectivity index is 1.48. The summed E-state index contributed by atoms with van der Waals surface area (Å²) in [4.78, 5) is 37.0. The molecule has 0 radical (unpaired) electrons. The number of allylic oxidation sites excluding steroid dienone is 1. The van der Waals surface area contributed by atoms with Gasteiger partial charge in [0.15, 0.2) is 0 Å². The van der Waals surface area contributed by atoms with Crippen molar-refractivity contribution in [3.8, 4) is 5.75 Å². The van der Waals surface area contributed by atoms with Crippen LogP contribution in [0.2, 0.25) is 0 Å². The van der Waals surface area contributed by atoms with Gasteiger partial charge in [-0.3, -0.25) is 0 Å². The zero-order valence-electron chi connectivity index (χ0n) is 19.8. The van der Waals surface area contributed by atoms with Crippen molar-refractivity contribution >= 4 is 33.7 Å². The third-order valence-corrected chi connectivity index (χ3v) is 6.06. The Morgan fingerprint density at radius 3 is 2.69 bits per heavy atom. The maximum atomic E-state index is 12.6. The minimum Gasteiger partial charge on any atom is -0.489 e. The van der Waals surface area contributed by atoms with E-state index < -0.39 is 23.7 Å². The van der Waals surface area contributed by atoms with Crippen LogP contribution in [0.15, 0.2) is 87.2 Å². The molecular weight excluding hydrogens is 460 g/mol. The molecule has 2 heterocycles. The number of urea groups is 1. The molecule has 0 fully saturated rings. The third-order valence-electron chi connectivity index (χ3n) is 6.06. The van der Waals surface area contributed by atoms with E-state index >= 15 is 0 Å². The molecule has 36 heavy (non-hydrogen) atoms. The van der Waals surface area contributed by atoms with Crippen LogP contribution < -0.4 is 21.0 Å². The van der Waals surface area contributed by atoms with E-state index in [0.29, 0.717) is 33.7 Å². The lowest BCUT2D eigenvalue weighted by molar-refractivity contribution is -0.139. The molecule has 2 N–H and O–H groups in total. The highest BCUT2D eigenvalue weighted by molar-refractivity contribution is 6.07. The van der Waals surface area contributed by atoms with Crippen molar-refractivity contribution in [2.24, 2.45) is 0 Å². The second kappa shape index (κ2) is 9.58. The van der Waals surface area contributed by atoms with E-state index in [1.807, 2.05) is 30.3 Å². The summed E-state index contributed by atoms with van der Waals surface area (Å²) in [5.41, 5.74) is 2.15. The zero-order valence-corrected chi connectivity index (χ0v) is 19.8. The predicted octanol–water partition coefficient (Wildman–Crippen LogP) is 4.72. The Kier molecular flexibility index (Phi) is 6.16. The first-order chi connectivity index (χ1) is 17.4. The first-order valence-corrected chi connectivity index (χ1v) is 11.6. The summed E-state index contributed by atoms with van der Waals surface area (Å²) in [5.74, 6) is 0.0101. The number of amides is 2. The molecule has 0 saturated carbocycles. The van der Waals surface area contributed by atoms with E-state index in [0.717, 1.165) is 16.2 Å². The summed E-state index contributed by atoms with van der Waals surface area (Å²) >= 11 is 0. The van der Waals surface area contributed by atoms with Gasteiger partial charge in [-0.25, -0.2) is 14.4 Å². The Labute approximate surface area is 206 Å². The fourth-order valence-electron chi connectivity index (χ4n) is 4.50. The average Bonchev–Trinajstić information content (AvgIpc) is 2.86. The first kappa shape index (κ1) is 23.2. The average molecular weight is 485 g/mol. The number of benzene rings is 3. The number of hydrogen-bond acceptors (Lipinski definition) is 6. The molecule has 0 bridgehead atoms. The maximum Gasteiger partial charge on any atom is 0.338 e. The van der Waals surface area contributed by atoms with Crippen molar-refractivity contribution in [2.45, 2.75) is 26.5 Å². The van der Waals surface area contributed by atoms with E-state index in [1.165, 1.54) is 6.07 Å². The van der Waals surface area contributed by atoms with Gasteiger partial charge in [-0.05, 0) is 48.4 Å². The van der Waals surface area contributed by atoms with Crippen LogP contribution in [0, 0.1) is 0 Å². The monoisotopic (exact) mass is 484 g/mol. The van der Waals surface area contributed by atoms with Crippen LogP contribution in [-0.2, 0) is 16.1 Å². The molecule has 0 saturated heterocycles. The standard InChI is InChI=1S/C28H24N2O6/c1-3-34-27(32)24-16(2)29-28(33)30-26(24)18-8-6-9-20(13-18)35-15-19-14-23(31)36-22-12-11-17-7-4-5-10-21(17)25(19)22/h4-14,26H,3,15H2,1-2H3,(H2,29,30,33). The van der Waals surface area contributed by atoms with Crippen LogP contribution in [-0.4, -0.2) is 18.6 Å². The lowest BCUT2D eigenvalue weighted by Gasteiger charge is -2.28. The van der Waals surface area contributed by atoms with Crippen molar-refractivity contribution < 1.29 is 23.5 Å². The lowest BCUT2D eigenvalue weighted by Crippen LogP contribution is -2.45. The molecule has 4 aromatic rings. The van der Waals surface area contributed by atoms with Gasteiger partial charge in [0, 0.05) is 22.7 Å². The van der Waals surface area contributed by atoms with Gasteiger partial charge in [0.1, 0.15) is 17.9 Å². The number of nitrogens with one attached hydrogen (secondary N) is 2. The molecule has 1 unspecified atom stereocenters. The van der Waals surface area contributed by atoms with Gasteiger partial charge in [0.2, 0.25) is 0 Å². The molecule has 8 nitrogen and oxygen atoms in total. The smallest absolute Gasteiger partial charge is 0.338 e. The predicted molar refractivity (Wildman–Crippen MR) is 135 cm³/mol. The highest BCUT2D eigenvalue weighted by Gasteiger charge is 2.32. The number of ether oxygens (including phenoxy) is 2. The summed E-state index contributed by atoms with van der Waals surface area (Å²) < 4.78 is 16.7. The van der Waals surface area contributed by atoms with Crippen LogP contribution in [0.3, 0.4) is 0 Å². The van der Waals surface area contributed by atoms with Crippen LogP contribution in [0.1, 0.15) is 31.0 Å². The number of carbonyl (C=O) groups excluding carboxylic acids is 2. The minimum atomic E-state index is -0.699. The van der Waals surface area contributed by atoms with E-state index in [4.69, 9.17) is 13.9 Å². The van der Waals surface area contributed by atoms with Gasteiger partial charge in [-0.1, -0.05) is 42.5 Å². The van der Waals surface area contributed by atoms with Crippen molar-refractivity contribution in [2.75, 3.05) is 6.61 Å². The highest BCUT2D eigenvalue weighted by atomic mass is 16.5. The second-order valence-electron chi connectivity index (χ2n) is 8.40. The molecule has 8 heteroatoms. The fraction of sp³-hybridized carbons (Fsp3) is 0.179. The molecular formula is C28H24N2O6. The first-order valence-electron chi connectivity index (χ1n) is 11.6. The highest BCUT2D eigenvalue weighted by Crippen LogP contribution is 2.31. The van der Waals surface area contributed by atoms with Gasteiger partial charge < -0.3 is 24.5 Å². The Morgan fingerprint density at radius 2 is 1.86 bits per heavy atom. The van der Waals surface area contributed by atoms with E-state index in [-0.39, 0.29) is 13.2 Å². The summed E-state index contributed by atoms with van der Waals surface area (Å²) in [6.07, 6.45) is 0. The van der Waals surface area contributed by atoms with Crippen molar-refractivity contribution in [1.29, 1.82) is 0 Å². The largest absolute Gasteiger partial charge is 0.489 e. The number of carbonyl (C=O) groups is 2. The molecule has 1 aliphatic rings. The Hall–Kier alpha value is -4.59. The van der Waals surface area contributed by atoms with Gasteiger partial charge in [0.05, 0.1) is 18.2 Å². The molecule has 2 amide bonds. The normalized spacial score (nSPS) is 15.5. The van der Waals surface area contributed by atoms with Gasteiger partial charge in [-0.2, -0.15) is 0 Å². The van der Waals surface area contributed by atoms with Crippen molar-refractivity contribution in [3.05, 3.63) is 99.5 Å². The minimum absolute atomic E-state index is 0.123. The second-order valence-corrected chi connectivity index (χ2v) is 8.40. The molecule has 0 aliphatic carbocycles. The van der Waals surface area contributed by atoms with E-state index in [9.17, 15) is 14.4 Å². The van der Waals surface area contributed by atoms with Gasteiger partial charge in [-0.15, -0.1) is 0 Å². The molecule has 3 aromatic carbocycles. The quantitative estimate of drug-likeness (QED) is 0.233. The third kappa shape index (κ3) is 4.40. The van der Waals surface area contributed by atoms with Crippen molar-refractivity contribution in [3.63, 3.8) is 0 Å². The summed E-state index contributed by atoms with van der Waals surface area (Å²) in [5, 5.41) is 8.22. The number of rotatable bonds is 6. The number of fused-ring (bicyclic) bond motifs is 3. The zero-order chi connectivity index (χ0) is 25.2. The topological polar surface area (TPSA) is 107 Å². The van der Waals surface area contributed by atoms with Gasteiger partial charge in [0.25, 0.3) is 0 Å². The Morgan fingerprint density at radius 1 is 1.03 bits per heavy atom. The maximum absolute atomic E-state index is 12.6. The Bertz CT molecular complexity index is 1590. The molecule has 5 rings (SSSR count). The molecule has 0 spiro atoms. The van der Waals surface area contributed by atoms with Crippen LogP contribution in [0.5, 0.6) is 5.75 Å². The molecule has 1 atom stereocenters. The molecule has 182 valence electrons. The van der Waals surface area contributed by atoms with Crippen LogP contribution >= 0.6 is 0 Å². The molecule has 1 aromatic heterocycles. The summed E-state index contributed by atoms with van der Waals surface area (Å²) in [6, 6.07) is 19.0. The molecule has 1 aliphatic heterocycles. The van der Waals surface area contributed by atoms with Crippen LogP contribution in [0.4, 0.5) is 4.79 Å². The summed E-state index contributed by atoms with van der Waals surface area (Å²) in [6.45, 7) is 3.73. The van der Waals surface area contributed by atoms with Crippen LogP contribution in [0.25, 0.3) is 21.7 Å². The number of esters is 1. The lowest BCUT2D eigenvalue weighted by atomic mass is 9.95. The van der Waals surface area contributed by atoms with Crippen molar-refractivity contribution in [1.82, 2.24) is 10.6 Å². The van der Waals surface area contributed by atoms with E-state index in [2.05, 4.69) is 10.6 Å². The fourth-order valence-corrected chi connectivity index (χ4v) is 4.50. The summed E-state index contributed by atoms with van der Waals surface area (Å²) in [7, 11) is 0. The van der Waals surface area contributed by atoms with Gasteiger partial charge >= 0.3 is 17.6 Å².